The van der Waals surface area contributed by atoms with E-state index in [1.165, 1.54) is 0 Å². The average Bonchev–Trinajstić information content (AvgIpc) is 2.33. The second-order valence-electron chi connectivity index (χ2n) is 3.29. The summed E-state index contributed by atoms with van der Waals surface area (Å²) in [6, 6.07) is 17.0. The number of hydrogen-bond donors (Lipinski definition) is 1. The number of nitrogens with one attached hydrogen (secondary N) is 1. The largest absolute Gasteiger partial charge is 0.354 e. The van der Waals surface area contributed by atoms with Crippen molar-refractivity contribution < 1.29 is 0 Å². The molecule has 0 heterocycles. The molecule has 0 atom stereocenters. The molecule has 0 fully saturated rings. The van der Waals surface area contributed by atoms with Gasteiger partial charge in [-0.25, -0.2) is 0 Å². The fraction of sp³-hybridized carbons (Fsp3) is 0. The van der Waals surface area contributed by atoms with Crippen LogP contribution in [0.25, 0.3) is 0 Å². The molecule has 0 amide bonds. The Hall–Kier alpha value is -1.98. The molecule has 0 radical (unpaired) electrons. The number of anilines is 2. The first-order valence-corrected chi connectivity index (χ1v) is 5.19. The molecule has 0 aliphatic carbocycles. The van der Waals surface area contributed by atoms with Gasteiger partial charge in [-0.05, 0) is 30.3 Å². The number of halogens is 1. The van der Waals surface area contributed by atoms with Gasteiger partial charge in [-0.3, -0.25) is 0 Å². The van der Waals surface area contributed by atoms with Gasteiger partial charge in [0.15, 0.2) is 0 Å². The minimum atomic E-state index is 0.538. The third-order valence-corrected chi connectivity index (χ3v) is 2.39. The lowest BCUT2D eigenvalue weighted by Gasteiger charge is -2.07. The maximum Gasteiger partial charge on any atom is 0.101 e. The Labute approximate surface area is 99.1 Å². The summed E-state index contributed by atoms with van der Waals surface area (Å²) in [5.41, 5.74) is 2.25. The van der Waals surface area contributed by atoms with Gasteiger partial charge >= 0.3 is 0 Å². The number of hydrogen-bond acceptors (Lipinski definition) is 2. The Bertz CT molecular complexity index is 529. The fourth-order valence-corrected chi connectivity index (χ4v) is 1.57. The van der Waals surface area contributed by atoms with Crippen LogP contribution in [0.2, 0.25) is 5.02 Å². The van der Waals surface area contributed by atoms with Crippen molar-refractivity contribution in [2.45, 2.75) is 0 Å². The number of nitriles is 1. The molecule has 0 aromatic heterocycles. The lowest BCUT2D eigenvalue weighted by Crippen LogP contribution is -1.92. The van der Waals surface area contributed by atoms with Crippen LogP contribution >= 0.6 is 11.6 Å². The third kappa shape index (κ3) is 2.33. The predicted molar refractivity (Wildman–Crippen MR) is 65.9 cm³/mol. The number of nitrogens with zero attached hydrogens (tertiary/aromatic N) is 1. The SMILES string of the molecule is N#Cc1cc(Cl)ccc1Nc1ccccc1. The molecule has 3 heteroatoms. The zero-order valence-corrected chi connectivity index (χ0v) is 9.20. The van der Waals surface area contributed by atoms with Gasteiger partial charge in [0.2, 0.25) is 0 Å². The number of benzene rings is 2. The van der Waals surface area contributed by atoms with Crippen LogP contribution in [0.4, 0.5) is 11.4 Å². The third-order valence-electron chi connectivity index (χ3n) is 2.15. The van der Waals surface area contributed by atoms with E-state index in [1.54, 1.807) is 18.2 Å². The van der Waals surface area contributed by atoms with Gasteiger partial charge in [-0.2, -0.15) is 5.26 Å². The molecule has 0 aliphatic rings. The summed E-state index contributed by atoms with van der Waals surface area (Å²) in [5.74, 6) is 0. The first kappa shape index (κ1) is 10.5. The maximum atomic E-state index is 8.97. The molecule has 1 N–H and O–H groups in total. The Morgan fingerprint density at radius 1 is 1.06 bits per heavy atom. The van der Waals surface area contributed by atoms with E-state index in [4.69, 9.17) is 16.9 Å². The molecular formula is C13H9ClN2. The van der Waals surface area contributed by atoms with Crippen LogP contribution in [0.1, 0.15) is 5.56 Å². The second kappa shape index (κ2) is 4.69. The zero-order valence-electron chi connectivity index (χ0n) is 8.44. The molecule has 0 saturated carbocycles. The zero-order chi connectivity index (χ0) is 11.4. The van der Waals surface area contributed by atoms with Gasteiger partial charge in [0.1, 0.15) is 6.07 Å². The summed E-state index contributed by atoms with van der Waals surface area (Å²) >= 11 is 5.82. The van der Waals surface area contributed by atoms with Crippen molar-refractivity contribution in [2.24, 2.45) is 0 Å². The van der Waals surface area contributed by atoms with Crippen LogP contribution in [0.3, 0.4) is 0 Å². The van der Waals surface area contributed by atoms with Crippen molar-refractivity contribution in [1.29, 1.82) is 5.26 Å². The second-order valence-corrected chi connectivity index (χ2v) is 3.73. The predicted octanol–water partition coefficient (Wildman–Crippen LogP) is 3.96. The van der Waals surface area contributed by atoms with E-state index in [9.17, 15) is 0 Å². The van der Waals surface area contributed by atoms with Crippen molar-refractivity contribution in [3.05, 3.63) is 59.1 Å². The van der Waals surface area contributed by atoms with Crippen LogP contribution in [0.15, 0.2) is 48.5 Å². The molecule has 2 aromatic carbocycles. The quantitative estimate of drug-likeness (QED) is 0.845. The average molecular weight is 229 g/mol. The molecule has 2 rings (SSSR count). The molecule has 78 valence electrons. The smallest absolute Gasteiger partial charge is 0.101 e. The van der Waals surface area contributed by atoms with Crippen molar-refractivity contribution >= 4 is 23.0 Å². The topological polar surface area (TPSA) is 35.8 Å². The van der Waals surface area contributed by atoms with Gasteiger partial charge in [0.05, 0.1) is 11.3 Å². The Morgan fingerprint density at radius 3 is 2.50 bits per heavy atom. The lowest BCUT2D eigenvalue weighted by atomic mass is 10.2. The number of para-hydroxylation sites is 1. The van der Waals surface area contributed by atoms with Crippen molar-refractivity contribution in [1.82, 2.24) is 0 Å². The molecule has 0 unspecified atom stereocenters. The number of rotatable bonds is 2. The van der Waals surface area contributed by atoms with E-state index in [0.717, 1.165) is 11.4 Å². The van der Waals surface area contributed by atoms with Gasteiger partial charge in [0, 0.05) is 10.7 Å². The minimum Gasteiger partial charge on any atom is -0.354 e. The normalized spacial score (nSPS) is 9.50. The molecule has 0 aliphatic heterocycles. The monoisotopic (exact) mass is 228 g/mol. The highest BCUT2D eigenvalue weighted by atomic mass is 35.5. The van der Waals surface area contributed by atoms with Crippen LogP contribution in [-0.4, -0.2) is 0 Å². The van der Waals surface area contributed by atoms with Gasteiger partial charge in [-0.15, -0.1) is 0 Å². The van der Waals surface area contributed by atoms with E-state index in [2.05, 4.69) is 11.4 Å². The van der Waals surface area contributed by atoms with Crippen LogP contribution in [-0.2, 0) is 0 Å². The highest BCUT2D eigenvalue weighted by molar-refractivity contribution is 6.30. The Balaban J connectivity index is 2.32. The summed E-state index contributed by atoms with van der Waals surface area (Å²) in [6.45, 7) is 0. The Kier molecular flexibility index (Phi) is 3.09. The van der Waals surface area contributed by atoms with Gasteiger partial charge < -0.3 is 5.32 Å². The van der Waals surface area contributed by atoms with E-state index in [1.807, 2.05) is 30.3 Å². The summed E-state index contributed by atoms with van der Waals surface area (Å²) in [6.07, 6.45) is 0. The molecule has 2 aromatic rings. The minimum absolute atomic E-state index is 0.538. The van der Waals surface area contributed by atoms with Crippen LogP contribution in [0.5, 0.6) is 0 Å². The standard InChI is InChI=1S/C13H9ClN2/c14-11-6-7-13(10(8-11)9-15)16-12-4-2-1-3-5-12/h1-8,16H. The summed E-state index contributed by atoms with van der Waals surface area (Å²) in [7, 11) is 0. The molecule has 0 saturated heterocycles. The van der Waals surface area contributed by atoms with Crippen LogP contribution < -0.4 is 5.32 Å². The summed E-state index contributed by atoms with van der Waals surface area (Å²) in [4.78, 5) is 0. The van der Waals surface area contributed by atoms with E-state index in [-0.39, 0.29) is 0 Å². The molecular weight excluding hydrogens is 220 g/mol. The van der Waals surface area contributed by atoms with E-state index in [0.29, 0.717) is 10.6 Å². The lowest BCUT2D eigenvalue weighted by molar-refractivity contribution is 1.46. The highest BCUT2D eigenvalue weighted by Crippen LogP contribution is 2.23. The highest BCUT2D eigenvalue weighted by Gasteiger charge is 2.02. The molecule has 0 bridgehead atoms. The maximum absolute atomic E-state index is 8.97. The van der Waals surface area contributed by atoms with Gasteiger partial charge in [0.25, 0.3) is 0 Å². The molecule has 0 spiro atoms. The first-order chi connectivity index (χ1) is 7.79. The first-order valence-electron chi connectivity index (χ1n) is 4.81. The molecule has 2 nitrogen and oxygen atoms in total. The van der Waals surface area contributed by atoms with Gasteiger partial charge in [-0.1, -0.05) is 29.8 Å². The van der Waals surface area contributed by atoms with Crippen LogP contribution in [0, 0.1) is 11.3 Å². The Morgan fingerprint density at radius 2 is 1.81 bits per heavy atom. The van der Waals surface area contributed by atoms with E-state index >= 15 is 0 Å². The fourth-order valence-electron chi connectivity index (χ4n) is 1.39. The van der Waals surface area contributed by atoms with Crippen molar-refractivity contribution in [3.8, 4) is 6.07 Å². The molecule has 16 heavy (non-hydrogen) atoms. The van der Waals surface area contributed by atoms with Crippen molar-refractivity contribution in [3.63, 3.8) is 0 Å². The van der Waals surface area contributed by atoms with Crippen molar-refractivity contribution in [2.75, 3.05) is 5.32 Å². The summed E-state index contributed by atoms with van der Waals surface area (Å²) in [5, 5.41) is 12.7. The van der Waals surface area contributed by atoms with E-state index < -0.39 is 0 Å². The summed E-state index contributed by atoms with van der Waals surface area (Å²) < 4.78 is 0.